The first kappa shape index (κ1) is 18.4. The molecule has 0 saturated carbocycles. The molecule has 4 N–H and O–H groups in total. The lowest BCUT2D eigenvalue weighted by atomic mass is 10.00. The Bertz CT molecular complexity index is 556. The number of carbonyl (C=O) groups is 2. The van der Waals surface area contributed by atoms with Gasteiger partial charge in [-0.2, -0.15) is 0 Å². The van der Waals surface area contributed by atoms with Gasteiger partial charge in [-0.3, -0.25) is 14.2 Å². The Balaban J connectivity index is 2.74. The van der Waals surface area contributed by atoms with Crippen LogP contribution >= 0.6 is 7.60 Å². The number of carboxylic acid groups (broad SMARTS) is 1. The predicted molar refractivity (Wildman–Crippen MR) is 80.4 cm³/mol. The lowest BCUT2D eigenvalue weighted by molar-refractivity contribution is -0.141. The molecule has 0 aliphatic rings. The molecule has 22 heavy (non-hydrogen) atoms. The van der Waals surface area contributed by atoms with E-state index in [1.165, 1.54) is 6.92 Å². The van der Waals surface area contributed by atoms with Gasteiger partial charge in [-0.25, -0.2) is 0 Å². The fourth-order valence-electron chi connectivity index (χ4n) is 1.91. The summed E-state index contributed by atoms with van der Waals surface area (Å²) >= 11 is 0. The molecular weight excluding hydrogens is 309 g/mol. The molecule has 0 radical (unpaired) electrons. The van der Waals surface area contributed by atoms with Crippen molar-refractivity contribution in [3.63, 3.8) is 0 Å². The third-order valence-electron chi connectivity index (χ3n) is 3.16. The second-order valence-corrected chi connectivity index (χ2v) is 6.91. The molecule has 7 nitrogen and oxygen atoms in total. The van der Waals surface area contributed by atoms with E-state index in [9.17, 15) is 14.2 Å². The van der Waals surface area contributed by atoms with Crippen molar-refractivity contribution in [2.75, 3.05) is 12.7 Å². The summed E-state index contributed by atoms with van der Waals surface area (Å²) in [5, 5.41) is 11.2. The molecule has 2 atom stereocenters. The molecule has 0 aliphatic carbocycles. The molecule has 0 unspecified atom stereocenters. The normalized spacial score (nSPS) is 14.1. The Morgan fingerprint density at radius 1 is 1.23 bits per heavy atom. The van der Waals surface area contributed by atoms with Crippen LogP contribution in [-0.2, 0) is 20.6 Å². The minimum atomic E-state index is -4.36. The van der Waals surface area contributed by atoms with E-state index in [1.807, 2.05) is 0 Å². The number of hydrogen-bond donors (Lipinski definition) is 4. The SMILES string of the molecule is C[C@H](CNC(=O)[C@H](Cc1ccccc1)CP(=O)(O)O)C(=O)O. The summed E-state index contributed by atoms with van der Waals surface area (Å²) in [4.78, 5) is 41.1. The van der Waals surface area contributed by atoms with Gasteiger partial charge in [0.05, 0.1) is 18.0 Å². The van der Waals surface area contributed by atoms with Gasteiger partial charge in [0.15, 0.2) is 0 Å². The van der Waals surface area contributed by atoms with Crippen molar-refractivity contribution in [3.05, 3.63) is 35.9 Å². The van der Waals surface area contributed by atoms with Crippen molar-refractivity contribution in [2.24, 2.45) is 11.8 Å². The number of rotatable bonds is 8. The van der Waals surface area contributed by atoms with Gasteiger partial charge in [0.25, 0.3) is 0 Å². The standard InChI is InChI=1S/C14H20NO6P/c1-10(14(17)18)8-15-13(16)12(9-22(19,20)21)7-11-5-3-2-4-6-11/h2-6,10,12H,7-9H2,1H3,(H,15,16)(H,17,18)(H2,19,20,21)/t10-,12-/m1/s1. The molecule has 1 aromatic carbocycles. The second-order valence-electron chi connectivity index (χ2n) is 5.22. The molecule has 0 heterocycles. The van der Waals surface area contributed by atoms with E-state index in [-0.39, 0.29) is 13.0 Å². The zero-order valence-corrected chi connectivity index (χ0v) is 13.1. The van der Waals surface area contributed by atoms with E-state index in [4.69, 9.17) is 14.9 Å². The average Bonchev–Trinajstić information content (AvgIpc) is 2.43. The van der Waals surface area contributed by atoms with E-state index < -0.39 is 37.5 Å². The highest BCUT2D eigenvalue weighted by Gasteiger charge is 2.28. The maximum absolute atomic E-state index is 12.1. The number of amides is 1. The van der Waals surface area contributed by atoms with Gasteiger partial charge in [0.1, 0.15) is 0 Å². The van der Waals surface area contributed by atoms with E-state index in [0.717, 1.165) is 5.56 Å². The number of hydrogen-bond acceptors (Lipinski definition) is 3. The monoisotopic (exact) mass is 329 g/mol. The Hall–Kier alpha value is -1.69. The first-order chi connectivity index (χ1) is 10.2. The minimum absolute atomic E-state index is 0.0827. The molecule has 0 fully saturated rings. The van der Waals surface area contributed by atoms with E-state index in [1.54, 1.807) is 30.3 Å². The molecule has 8 heteroatoms. The van der Waals surface area contributed by atoms with Crippen molar-refractivity contribution in [1.29, 1.82) is 0 Å². The van der Waals surface area contributed by atoms with Gasteiger partial charge in [0, 0.05) is 6.54 Å². The van der Waals surface area contributed by atoms with Crippen LogP contribution in [0.4, 0.5) is 0 Å². The van der Waals surface area contributed by atoms with Crippen LogP contribution in [0.5, 0.6) is 0 Å². The van der Waals surface area contributed by atoms with Crippen LogP contribution in [-0.4, -0.2) is 39.5 Å². The first-order valence-electron chi connectivity index (χ1n) is 6.78. The largest absolute Gasteiger partial charge is 0.481 e. The highest BCUT2D eigenvalue weighted by Crippen LogP contribution is 2.37. The molecule has 1 amide bonds. The molecule has 122 valence electrons. The van der Waals surface area contributed by atoms with Crippen LogP contribution in [0, 0.1) is 11.8 Å². The predicted octanol–water partition coefficient (Wildman–Crippen LogP) is 0.860. The molecular formula is C14H20NO6P. The van der Waals surface area contributed by atoms with E-state index in [2.05, 4.69) is 5.32 Å². The fourth-order valence-corrected chi connectivity index (χ4v) is 2.78. The summed E-state index contributed by atoms with van der Waals surface area (Å²) in [6, 6.07) is 8.87. The molecule has 0 aromatic heterocycles. The molecule has 1 aromatic rings. The number of benzene rings is 1. The van der Waals surface area contributed by atoms with Crippen LogP contribution < -0.4 is 5.32 Å². The third-order valence-corrected chi connectivity index (χ3v) is 4.07. The van der Waals surface area contributed by atoms with Crippen LogP contribution in [0.2, 0.25) is 0 Å². The van der Waals surface area contributed by atoms with E-state index >= 15 is 0 Å². The lowest BCUT2D eigenvalue weighted by Gasteiger charge is -2.18. The lowest BCUT2D eigenvalue weighted by Crippen LogP contribution is -2.38. The smallest absolute Gasteiger partial charge is 0.326 e. The molecule has 1 rings (SSSR count). The first-order valence-corrected chi connectivity index (χ1v) is 8.58. The number of aliphatic carboxylic acids is 1. The highest BCUT2D eigenvalue weighted by molar-refractivity contribution is 7.51. The Morgan fingerprint density at radius 3 is 2.32 bits per heavy atom. The number of nitrogens with one attached hydrogen (secondary N) is 1. The summed E-state index contributed by atoms with van der Waals surface area (Å²) in [5.41, 5.74) is 0.780. The quantitative estimate of drug-likeness (QED) is 0.524. The van der Waals surface area contributed by atoms with Gasteiger partial charge in [-0.15, -0.1) is 0 Å². The number of carboxylic acids is 1. The van der Waals surface area contributed by atoms with Gasteiger partial charge in [0.2, 0.25) is 5.91 Å². The van der Waals surface area contributed by atoms with Crippen LogP contribution in [0.1, 0.15) is 12.5 Å². The van der Waals surface area contributed by atoms with Crippen LogP contribution in [0.3, 0.4) is 0 Å². The fraction of sp³-hybridized carbons (Fsp3) is 0.429. The van der Waals surface area contributed by atoms with Crippen LogP contribution in [0.15, 0.2) is 30.3 Å². The summed E-state index contributed by atoms with van der Waals surface area (Å²) in [5.74, 6) is -3.28. The average molecular weight is 329 g/mol. The van der Waals surface area contributed by atoms with Crippen molar-refractivity contribution in [2.45, 2.75) is 13.3 Å². The van der Waals surface area contributed by atoms with Gasteiger partial charge >= 0.3 is 13.6 Å². The van der Waals surface area contributed by atoms with E-state index in [0.29, 0.717) is 0 Å². The number of carbonyl (C=O) groups excluding carboxylic acids is 1. The summed E-state index contributed by atoms with van der Waals surface area (Å²) < 4.78 is 11.2. The zero-order valence-electron chi connectivity index (χ0n) is 12.2. The van der Waals surface area contributed by atoms with Crippen molar-refractivity contribution >= 4 is 19.5 Å². The Morgan fingerprint density at radius 2 is 1.82 bits per heavy atom. The highest BCUT2D eigenvalue weighted by atomic mass is 31.2. The second kappa shape index (κ2) is 8.08. The summed E-state index contributed by atoms with van der Waals surface area (Å²) in [6.07, 6.45) is -0.394. The maximum Gasteiger partial charge on any atom is 0.326 e. The Labute approximate surface area is 128 Å². The van der Waals surface area contributed by atoms with Crippen molar-refractivity contribution in [1.82, 2.24) is 5.32 Å². The van der Waals surface area contributed by atoms with Gasteiger partial charge in [-0.05, 0) is 12.0 Å². The van der Waals surface area contributed by atoms with Crippen molar-refractivity contribution < 1.29 is 29.0 Å². The molecule has 0 aliphatic heterocycles. The molecule has 0 saturated heterocycles. The zero-order chi connectivity index (χ0) is 16.8. The summed E-state index contributed by atoms with van der Waals surface area (Å²) in [7, 11) is -4.36. The van der Waals surface area contributed by atoms with Gasteiger partial charge in [-0.1, -0.05) is 37.3 Å². The Kier molecular flexibility index (Phi) is 6.74. The van der Waals surface area contributed by atoms with Crippen molar-refractivity contribution in [3.8, 4) is 0 Å². The molecule has 0 bridgehead atoms. The van der Waals surface area contributed by atoms with Crippen LogP contribution in [0.25, 0.3) is 0 Å². The molecule has 0 spiro atoms. The maximum atomic E-state index is 12.1. The van der Waals surface area contributed by atoms with Gasteiger partial charge < -0.3 is 20.2 Å². The minimum Gasteiger partial charge on any atom is -0.481 e. The third kappa shape index (κ3) is 6.85. The summed E-state index contributed by atoms with van der Waals surface area (Å²) in [6.45, 7) is 1.36. The topological polar surface area (TPSA) is 124 Å².